The molecule has 1 aliphatic rings. The number of nitrogens with one attached hydrogen (secondary N) is 1. The van der Waals surface area contributed by atoms with Gasteiger partial charge in [0.2, 0.25) is 5.28 Å². The van der Waals surface area contributed by atoms with Crippen molar-refractivity contribution in [2.45, 2.75) is 32.4 Å². The summed E-state index contributed by atoms with van der Waals surface area (Å²) in [5.74, 6) is 0.944. The molecule has 0 spiro atoms. The van der Waals surface area contributed by atoms with Crippen LogP contribution in [0.15, 0.2) is 36.4 Å². The van der Waals surface area contributed by atoms with Gasteiger partial charge in [-0.05, 0) is 36.9 Å². The Bertz CT molecular complexity index is 589. The lowest BCUT2D eigenvalue weighted by Crippen LogP contribution is -2.42. The summed E-state index contributed by atoms with van der Waals surface area (Å²) in [5.41, 5.74) is 2.25. The second-order valence-corrected chi connectivity index (χ2v) is 6.10. The van der Waals surface area contributed by atoms with E-state index in [1.165, 1.54) is 5.56 Å². The number of hydrogen-bond donors (Lipinski definition) is 1. The molecule has 2 aromatic rings. The van der Waals surface area contributed by atoms with Gasteiger partial charge in [0.15, 0.2) is 0 Å². The van der Waals surface area contributed by atoms with Gasteiger partial charge in [0.1, 0.15) is 5.82 Å². The van der Waals surface area contributed by atoms with E-state index < -0.39 is 0 Å². The molecule has 1 aromatic carbocycles. The molecule has 0 amide bonds. The molecule has 4 nitrogen and oxygen atoms in total. The summed E-state index contributed by atoms with van der Waals surface area (Å²) in [6, 6.07) is 13.1. The average Bonchev–Trinajstić information content (AvgIpc) is 2.53. The number of hydrogen-bond acceptors (Lipinski definition) is 4. The van der Waals surface area contributed by atoms with Crippen LogP contribution in [0.1, 0.15) is 24.1 Å². The smallest absolute Gasteiger partial charge is 0.224 e. The number of benzene rings is 1. The third-order valence-electron chi connectivity index (χ3n) is 4.07. The summed E-state index contributed by atoms with van der Waals surface area (Å²) < 4.78 is 0. The van der Waals surface area contributed by atoms with Crippen molar-refractivity contribution in [1.82, 2.24) is 15.3 Å². The maximum Gasteiger partial charge on any atom is 0.224 e. The summed E-state index contributed by atoms with van der Waals surface area (Å²) in [6.07, 6.45) is 2.24. The molecule has 1 aromatic heterocycles. The fraction of sp³-hybridized carbons (Fsp3) is 0.412. The van der Waals surface area contributed by atoms with E-state index in [2.05, 4.69) is 50.5 Å². The van der Waals surface area contributed by atoms with Gasteiger partial charge < -0.3 is 10.2 Å². The first-order chi connectivity index (χ1) is 10.7. The SMILES string of the molecule is Cc1cc(N2CCC(NCc3ccccc3)CC2)nc(Cl)n1. The Morgan fingerprint density at radius 2 is 1.91 bits per heavy atom. The van der Waals surface area contributed by atoms with Crippen molar-refractivity contribution < 1.29 is 0 Å². The molecule has 0 atom stereocenters. The van der Waals surface area contributed by atoms with Crippen molar-refractivity contribution in [2.75, 3.05) is 18.0 Å². The van der Waals surface area contributed by atoms with Crippen molar-refractivity contribution >= 4 is 17.4 Å². The van der Waals surface area contributed by atoms with E-state index in [9.17, 15) is 0 Å². The zero-order valence-corrected chi connectivity index (χ0v) is 13.6. The maximum atomic E-state index is 5.95. The molecule has 0 radical (unpaired) electrons. The van der Waals surface area contributed by atoms with E-state index in [1.807, 2.05) is 13.0 Å². The molecular weight excluding hydrogens is 296 g/mol. The molecule has 1 saturated heterocycles. The van der Waals surface area contributed by atoms with Crippen LogP contribution >= 0.6 is 11.6 Å². The van der Waals surface area contributed by atoms with Gasteiger partial charge >= 0.3 is 0 Å². The lowest BCUT2D eigenvalue weighted by atomic mass is 10.0. The van der Waals surface area contributed by atoms with Gasteiger partial charge in [-0.3, -0.25) is 0 Å². The Hall–Kier alpha value is -1.65. The molecule has 1 N–H and O–H groups in total. The molecule has 1 fully saturated rings. The Morgan fingerprint density at radius 3 is 2.59 bits per heavy atom. The van der Waals surface area contributed by atoms with E-state index in [0.29, 0.717) is 11.3 Å². The molecule has 0 unspecified atom stereocenters. The van der Waals surface area contributed by atoms with Gasteiger partial charge in [0.05, 0.1) is 0 Å². The third kappa shape index (κ3) is 3.96. The molecular formula is C17H21ClN4. The van der Waals surface area contributed by atoms with Crippen LogP contribution in [0.25, 0.3) is 0 Å². The summed E-state index contributed by atoms with van der Waals surface area (Å²) in [5, 5.41) is 3.98. The van der Waals surface area contributed by atoms with Gasteiger partial charge in [-0.2, -0.15) is 0 Å². The predicted molar refractivity (Wildman–Crippen MR) is 90.3 cm³/mol. The molecule has 1 aliphatic heterocycles. The summed E-state index contributed by atoms with van der Waals surface area (Å²) in [4.78, 5) is 10.8. The Morgan fingerprint density at radius 1 is 1.18 bits per heavy atom. The lowest BCUT2D eigenvalue weighted by molar-refractivity contribution is 0.412. The first kappa shape index (κ1) is 15.3. The molecule has 3 rings (SSSR count). The molecule has 22 heavy (non-hydrogen) atoms. The number of aromatic nitrogens is 2. The van der Waals surface area contributed by atoms with Crippen molar-refractivity contribution in [3.63, 3.8) is 0 Å². The average molecular weight is 317 g/mol. The van der Waals surface area contributed by atoms with E-state index >= 15 is 0 Å². The number of rotatable bonds is 4. The molecule has 5 heteroatoms. The van der Waals surface area contributed by atoms with E-state index in [-0.39, 0.29) is 0 Å². The number of nitrogens with zero attached hydrogens (tertiary/aromatic N) is 3. The van der Waals surface area contributed by atoms with Gasteiger partial charge in [0.25, 0.3) is 0 Å². The highest BCUT2D eigenvalue weighted by atomic mass is 35.5. The van der Waals surface area contributed by atoms with Crippen LogP contribution < -0.4 is 10.2 Å². The summed E-state index contributed by atoms with van der Waals surface area (Å²) in [7, 11) is 0. The minimum absolute atomic E-state index is 0.333. The minimum atomic E-state index is 0.333. The van der Waals surface area contributed by atoms with Crippen molar-refractivity contribution in [2.24, 2.45) is 0 Å². The normalized spacial score (nSPS) is 16.0. The fourth-order valence-electron chi connectivity index (χ4n) is 2.85. The molecule has 0 aliphatic carbocycles. The fourth-order valence-corrected chi connectivity index (χ4v) is 3.07. The third-order valence-corrected chi connectivity index (χ3v) is 4.24. The minimum Gasteiger partial charge on any atom is -0.356 e. The Labute approximate surface area is 136 Å². The summed E-state index contributed by atoms with van der Waals surface area (Å²) in [6.45, 7) is 4.88. The van der Waals surface area contributed by atoms with Crippen molar-refractivity contribution in [1.29, 1.82) is 0 Å². The van der Waals surface area contributed by atoms with Crippen LogP contribution in [-0.4, -0.2) is 29.1 Å². The predicted octanol–water partition coefficient (Wildman–Crippen LogP) is 3.20. The number of halogens is 1. The zero-order chi connectivity index (χ0) is 15.4. The van der Waals surface area contributed by atoms with Gasteiger partial charge in [-0.25, -0.2) is 9.97 Å². The van der Waals surface area contributed by atoms with Crippen LogP contribution in [0.3, 0.4) is 0 Å². The van der Waals surface area contributed by atoms with Crippen LogP contribution in [-0.2, 0) is 6.54 Å². The molecule has 2 heterocycles. The lowest BCUT2D eigenvalue weighted by Gasteiger charge is -2.33. The second-order valence-electron chi connectivity index (χ2n) is 5.76. The van der Waals surface area contributed by atoms with Gasteiger partial charge in [0, 0.05) is 37.4 Å². The van der Waals surface area contributed by atoms with Crippen LogP contribution in [0.2, 0.25) is 5.28 Å². The van der Waals surface area contributed by atoms with Crippen LogP contribution in [0.5, 0.6) is 0 Å². The van der Waals surface area contributed by atoms with Gasteiger partial charge in [-0.15, -0.1) is 0 Å². The van der Waals surface area contributed by atoms with Gasteiger partial charge in [-0.1, -0.05) is 30.3 Å². The van der Waals surface area contributed by atoms with E-state index in [1.54, 1.807) is 0 Å². The highest BCUT2D eigenvalue weighted by Gasteiger charge is 2.20. The highest BCUT2D eigenvalue weighted by molar-refractivity contribution is 6.28. The van der Waals surface area contributed by atoms with E-state index in [4.69, 9.17) is 11.6 Å². The van der Waals surface area contributed by atoms with Crippen molar-refractivity contribution in [3.05, 3.63) is 52.9 Å². The number of piperidine rings is 1. The number of anilines is 1. The standard InChI is InChI=1S/C17H21ClN4/c1-13-11-16(21-17(18)20-13)22-9-7-15(8-10-22)19-12-14-5-3-2-4-6-14/h2-6,11,15,19H,7-10,12H2,1H3. The van der Waals surface area contributed by atoms with Crippen LogP contribution in [0.4, 0.5) is 5.82 Å². The molecule has 0 bridgehead atoms. The van der Waals surface area contributed by atoms with Crippen LogP contribution in [0, 0.1) is 6.92 Å². The molecule has 116 valence electrons. The quantitative estimate of drug-likeness (QED) is 0.880. The molecule has 0 saturated carbocycles. The zero-order valence-electron chi connectivity index (χ0n) is 12.8. The Balaban J connectivity index is 1.52. The van der Waals surface area contributed by atoms with Crippen molar-refractivity contribution in [3.8, 4) is 0 Å². The summed E-state index contributed by atoms with van der Waals surface area (Å²) >= 11 is 5.95. The highest BCUT2D eigenvalue weighted by Crippen LogP contribution is 2.20. The maximum absolute atomic E-state index is 5.95. The largest absolute Gasteiger partial charge is 0.356 e. The first-order valence-corrected chi connectivity index (χ1v) is 8.12. The Kier molecular flexibility index (Phi) is 4.90. The first-order valence-electron chi connectivity index (χ1n) is 7.74. The number of aryl methyl sites for hydroxylation is 1. The second kappa shape index (κ2) is 7.07. The van der Waals surface area contributed by atoms with E-state index in [0.717, 1.165) is 44.0 Å². The monoisotopic (exact) mass is 316 g/mol. The topological polar surface area (TPSA) is 41.0 Å².